The molecule has 3 unspecified atom stereocenters. The Bertz CT molecular complexity index is 829. The smallest absolute Gasteiger partial charge is 0.220 e. The number of hydrogen-bond acceptors (Lipinski definition) is 4. The van der Waals surface area contributed by atoms with Gasteiger partial charge in [0.2, 0.25) is 5.91 Å². The third kappa shape index (κ3) is 4.49. The van der Waals surface area contributed by atoms with Crippen LogP contribution >= 0.6 is 15.9 Å². The Labute approximate surface area is 174 Å². The average Bonchev–Trinajstić information content (AvgIpc) is 3.42. The lowest BCUT2D eigenvalue weighted by molar-refractivity contribution is -0.121. The van der Waals surface area contributed by atoms with Crippen molar-refractivity contribution < 1.29 is 9.90 Å². The van der Waals surface area contributed by atoms with Gasteiger partial charge in [-0.25, -0.2) is 0 Å². The van der Waals surface area contributed by atoms with Crippen molar-refractivity contribution in [2.45, 2.75) is 36.6 Å². The van der Waals surface area contributed by atoms with Gasteiger partial charge in [-0.3, -0.25) is 9.79 Å². The van der Waals surface area contributed by atoms with Gasteiger partial charge in [-0.05, 0) is 42.9 Å². The summed E-state index contributed by atoms with van der Waals surface area (Å²) in [4.78, 5) is 16.6. The maximum atomic E-state index is 11.8. The summed E-state index contributed by atoms with van der Waals surface area (Å²) in [7, 11) is 0. The molecule has 148 valence electrons. The van der Waals surface area contributed by atoms with Crippen LogP contribution in [-0.2, 0) is 4.79 Å². The standard InChI is InChI=1S/C22H26BrN3O2/c23-18-13-26-22-17(18)11-15(16-4-1-2-5-20(16)27)12-19(22)24-8-3-9-25-21(28)10-14-6-7-14/h1-2,4-5,11-14,17-18,22,24,27H,3,6-10H2,(H,25,28). The number of nitrogens with zero attached hydrogens (tertiary/aromatic N) is 1. The molecule has 1 heterocycles. The van der Waals surface area contributed by atoms with Crippen molar-refractivity contribution in [3.63, 3.8) is 0 Å². The van der Waals surface area contributed by atoms with Crippen LogP contribution in [-0.4, -0.2) is 41.2 Å². The van der Waals surface area contributed by atoms with Crippen LogP contribution in [0.2, 0.25) is 0 Å². The highest BCUT2D eigenvalue weighted by atomic mass is 79.9. The second-order valence-electron chi connectivity index (χ2n) is 7.78. The number of rotatable bonds is 8. The number of amides is 1. The third-order valence-electron chi connectivity index (χ3n) is 5.51. The number of aromatic hydroxyl groups is 1. The number of alkyl halides is 1. The summed E-state index contributed by atoms with van der Waals surface area (Å²) < 4.78 is 0. The summed E-state index contributed by atoms with van der Waals surface area (Å²) in [5.74, 6) is 1.30. The molecule has 1 amide bonds. The van der Waals surface area contributed by atoms with Gasteiger partial charge in [-0.1, -0.05) is 40.2 Å². The summed E-state index contributed by atoms with van der Waals surface area (Å²) in [5, 5.41) is 16.8. The number of phenolic OH excluding ortho intramolecular Hbond substituents is 1. The van der Waals surface area contributed by atoms with Crippen LogP contribution in [0, 0.1) is 11.8 Å². The lowest BCUT2D eigenvalue weighted by atomic mass is 9.86. The number of benzene rings is 1. The van der Waals surface area contributed by atoms with E-state index in [1.54, 1.807) is 6.07 Å². The summed E-state index contributed by atoms with van der Waals surface area (Å²) in [6, 6.07) is 7.49. The van der Waals surface area contributed by atoms with E-state index < -0.39 is 0 Å². The van der Waals surface area contributed by atoms with Crippen LogP contribution < -0.4 is 10.6 Å². The lowest BCUT2D eigenvalue weighted by Crippen LogP contribution is -2.33. The highest BCUT2D eigenvalue weighted by molar-refractivity contribution is 9.10. The lowest BCUT2D eigenvalue weighted by Gasteiger charge is -2.27. The summed E-state index contributed by atoms with van der Waals surface area (Å²) in [6.07, 6.45) is 10.2. The van der Waals surface area contributed by atoms with Crippen molar-refractivity contribution in [1.29, 1.82) is 0 Å². The van der Waals surface area contributed by atoms with Crippen LogP contribution in [0.3, 0.4) is 0 Å². The zero-order valence-corrected chi connectivity index (χ0v) is 17.4. The van der Waals surface area contributed by atoms with Gasteiger partial charge in [0.05, 0.1) is 10.9 Å². The molecule has 3 aliphatic rings. The van der Waals surface area contributed by atoms with E-state index in [9.17, 15) is 9.90 Å². The van der Waals surface area contributed by atoms with E-state index in [1.807, 2.05) is 24.4 Å². The van der Waals surface area contributed by atoms with E-state index in [-0.39, 0.29) is 28.4 Å². The SMILES string of the molecule is O=C(CC1CC1)NCCCNC1=CC(c2ccccc2O)=CC2C(Br)C=NC12. The Morgan fingerprint density at radius 1 is 1.25 bits per heavy atom. The Kier molecular flexibility index (Phi) is 5.85. The quantitative estimate of drug-likeness (QED) is 0.425. The largest absolute Gasteiger partial charge is 0.507 e. The molecule has 1 aliphatic heterocycles. The van der Waals surface area contributed by atoms with Crippen molar-refractivity contribution in [1.82, 2.24) is 10.6 Å². The third-order valence-corrected chi connectivity index (χ3v) is 6.36. The second kappa shape index (κ2) is 8.52. The minimum Gasteiger partial charge on any atom is -0.507 e. The predicted molar refractivity (Wildman–Crippen MR) is 116 cm³/mol. The van der Waals surface area contributed by atoms with Crippen LogP contribution in [0.1, 0.15) is 31.2 Å². The van der Waals surface area contributed by atoms with Crippen LogP contribution in [0.25, 0.3) is 5.57 Å². The van der Waals surface area contributed by atoms with E-state index in [4.69, 9.17) is 0 Å². The van der Waals surface area contributed by atoms with Crippen molar-refractivity contribution in [2.75, 3.05) is 13.1 Å². The molecular weight excluding hydrogens is 418 g/mol. The molecule has 1 aromatic rings. The minimum absolute atomic E-state index is 0.0726. The monoisotopic (exact) mass is 443 g/mol. The molecular formula is C22H26BrN3O2. The maximum Gasteiger partial charge on any atom is 0.220 e. The first-order chi connectivity index (χ1) is 13.6. The molecule has 0 aromatic heterocycles. The van der Waals surface area contributed by atoms with Gasteiger partial charge in [0.1, 0.15) is 5.75 Å². The highest BCUT2D eigenvalue weighted by Crippen LogP contribution is 2.38. The molecule has 3 atom stereocenters. The van der Waals surface area contributed by atoms with Gasteiger partial charge in [0.15, 0.2) is 0 Å². The number of aliphatic imine (C=N–C) groups is 1. The number of carbonyl (C=O) groups excluding carboxylic acids is 1. The van der Waals surface area contributed by atoms with E-state index in [2.05, 4.69) is 43.7 Å². The molecule has 0 saturated heterocycles. The van der Waals surface area contributed by atoms with Gasteiger partial charge < -0.3 is 15.7 Å². The zero-order valence-electron chi connectivity index (χ0n) is 15.8. The van der Waals surface area contributed by atoms with E-state index >= 15 is 0 Å². The topological polar surface area (TPSA) is 73.7 Å². The second-order valence-corrected chi connectivity index (χ2v) is 8.84. The van der Waals surface area contributed by atoms with Gasteiger partial charge >= 0.3 is 0 Å². The molecule has 1 aromatic carbocycles. The minimum atomic E-state index is 0.0726. The fourth-order valence-electron chi connectivity index (χ4n) is 3.77. The number of para-hydroxylation sites is 1. The van der Waals surface area contributed by atoms with Crippen molar-refractivity contribution in [3.05, 3.63) is 47.7 Å². The molecule has 0 bridgehead atoms. The molecule has 4 rings (SSSR count). The first-order valence-electron chi connectivity index (χ1n) is 10.0. The van der Waals surface area contributed by atoms with Gasteiger partial charge in [0, 0.05) is 42.9 Å². The Morgan fingerprint density at radius 2 is 2.07 bits per heavy atom. The highest BCUT2D eigenvalue weighted by Gasteiger charge is 2.35. The van der Waals surface area contributed by atoms with Crippen LogP contribution in [0.15, 0.2) is 47.1 Å². The normalized spacial score (nSPS) is 25.7. The van der Waals surface area contributed by atoms with Crippen molar-refractivity contribution >= 4 is 33.6 Å². The van der Waals surface area contributed by atoms with Gasteiger partial charge in [-0.15, -0.1) is 0 Å². The number of phenols is 1. The maximum absolute atomic E-state index is 11.8. The predicted octanol–water partition coefficient (Wildman–Crippen LogP) is 3.40. The molecule has 5 nitrogen and oxygen atoms in total. The van der Waals surface area contributed by atoms with Gasteiger partial charge in [-0.2, -0.15) is 0 Å². The van der Waals surface area contributed by atoms with E-state index in [0.717, 1.165) is 29.8 Å². The van der Waals surface area contributed by atoms with E-state index in [0.29, 0.717) is 18.9 Å². The van der Waals surface area contributed by atoms with Crippen molar-refractivity contribution in [3.8, 4) is 5.75 Å². The first-order valence-corrected chi connectivity index (χ1v) is 10.9. The van der Waals surface area contributed by atoms with Crippen LogP contribution in [0.4, 0.5) is 0 Å². The molecule has 0 spiro atoms. The summed E-state index contributed by atoms with van der Waals surface area (Å²) >= 11 is 3.70. The molecule has 1 fully saturated rings. The molecule has 3 N–H and O–H groups in total. The van der Waals surface area contributed by atoms with Crippen LogP contribution in [0.5, 0.6) is 5.75 Å². The Morgan fingerprint density at radius 3 is 2.86 bits per heavy atom. The number of nitrogens with one attached hydrogen (secondary N) is 2. The molecule has 2 aliphatic carbocycles. The number of fused-ring (bicyclic) bond motifs is 1. The molecule has 1 saturated carbocycles. The average molecular weight is 444 g/mol. The first kappa shape index (κ1) is 19.2. The molecule has 28 heavy (non-hydrogen) atoms. The molecule has 0 radical (unpaired) electrons. The number of carbonyl (C=O) groups is 1. The Hall–Kier alpha value is -2.08. The number of hydrogen-bond donors (Lipinski definition) is 3. The fourth-order valence-corrected chi connectivity index (χ4v) is 4.35. The Balaban J connectivity index is 1.37. The summed E-state index contributed by atoms with van der Waals surface area (Å²) in [6.45, 7) is 1.46. The van der Waals surface area contributed by atoms with Gasteiger partial charge in [0.25, 0.3) is 0 Å². The molecule has 6 heteroatoms. The number of halogens is 1. The van der Waals surface area contributed by atoms with Crippen molar-refractivity contribution in [2.24, 2.45) is 16.8 Å². The number of allylic oxidation sites excluding steroid dienone is 2. The fraction of sp³-hybridized carbons (Fsp3) is 0.455. The zero-order chi connectivity index (χ0) is 19.5. The van der Waals surface area contributed by atoms with E-state index in [1.165, 1.54) is 12.8 Å². The summed E-state index contributed by atoms with van der Waals surface area (Å²) in [5.41, 5.74) is 2.90.